The van der Waals surface area contributed by atoms with Crippen LogP contribution in [0.1, 0.15) is 11.6 Å². The molecule has 0 fully saturated rings. The Bertz CT molecular complexity index is 390. The minimum Gasteiger partial charge on any atom is -0.272 e. The van der Waals surface area contributed by atoms with Gasteiger partial charge in [0.25, 0.3) is 0 Å². The van der Waals surface area contributed by atoms with Gasteiger partial charge in [-0.1, -0.05) is 0 Å². The first-order valence-electron chi connectivity index (χ1n) is 3.41. The van der Waals surface area contributed by atoms with E-state index in [1.54, 1.807) is 6.20 Å². The van der Waals surface area contributed by atoms with Crippen molar-refractivity contribution >= 4 is 5.78 Å². The van der Waals surface area contributed by atoms with E-state index >= 15 is 0 Å². The Morgan fingerprint density at radius 2 is 2.09 bits per heavy atom. The lowest BCUT2D eigenvalue weighted by Crippen LogP contribution is -1.99. The van der Waals surface area contributed by atoms with Gasteiger partial charge in [-0.3, -0.25) is 4.40 Å². The summed E-state index contributed by atoms with van der Waals surface area (Å²) in [5.41, 5.74) is 0. The quantitative estimate of drug-likeness (QED) is 0.553. The molecule has 0 unspecified atom stereocenters. The van der Waals surface area contributed by atoms with Crippen molar-refractivity contribution < 1.29 is 0 Å². The van der Waals surface area contributed by atoms with Crippen molar-refractivity contribution in [2.24, 2.45) is 0 Å². The van der Waals surface area contributed by atoms with Gasteiger partial charge in [-0.05, 0) is 13.8 Å². The smallest absolute Gasteiger partial charge is 0.236 e. The molecule has 11 heavy (non-hydrogen) atoms. The van der Waals surface area contributed by atoms with Crippen molar-refractivity contribution in [3.8, 4) is 0 Å². The van der Waals surface area contributed by atoms with E-state index in [0.717, 1.165) is 17.4 Å². The molecule has 2 heterocycles. The fourth-order valence-corrected chi connectivity index (χ4v) is 1.09. The molecule has 0 saturated heterocycles. The average Bonchev–Trinajstić information content (AvgIpc) is 2.34. The molecule has 0 aliphatic rings. The number of aryl methyl sites for hydroxylation is 2. The average molecular weight is 148 g/mol. The first-order chi connectivity index (χ1) is 5.27. The van der Waals surface area contributed by atoms with E-state index in [4.69, 9.17) is 0 Å². The molecule has 0 spiro atoms. The number of fused-ring (bicyclic) bond motifs is 1. The molecule has 0 aliphatic carbocycles. The van der Waals surface area contributed by atoms with Gasteiger partial charge in [0.15, 0.2) is 0 Å². The second-order valence-corrected chi connectivity index (χ2v) is 2.42. The Balaban J connectivity index is 2.91. The Kier molecular flexibility index (Phi) is 1.15. The van der Waals surface area contributed by atoms with Crippen LogP contribution in [0.15, 0.2) is 12.4 Å². The molecule has 2 aromatic rings. The van der Waals surface area contributed by atoms with Crippen molar-refractivity contribution in [2.75, 3.05) is 0 Å². The van der Waals surface area contributed by atoms with Crippen molar-refractivity contribution in [2.45, 2.75) is 13.8 Å². The fourth-order valence-electron chi connectivity index (χ4n) is 1.09. The zero-order valence-electron chi connectivity index (χ0n) is 6.44. The third-order valence-corrected chi connectivity index (χ3v) is 1.56. The summed E-state index contributed by atoms with van der Waals surface area (Å²) in [7, 11) is 0. The summed E-state index contributed by atoms with van der Waals surface area (Å²) >= 11 is 0. The molecular weight excluding hydrogens is 140 g/mol. The molecule has 0 saturated carbocycles. The molecule has 0 bridgehead atoms. The van der Waals surface area contributed by atoms with E-state index in [1.807, 2.05) is 24.4 Å². The Morgan fingerprint density at radius 1 is 1.27 bits per heavy atom. The molecule has 0 N–H and O–H groups in total. The SMILES string of the molecule is Cc1nc(C)n2ccnc2n1. The third kappa shape index (κ3) is 0.869. The fraction of sp³-hybridized carbons (Fsp3) is 0.286. The van der Waals surface area contributed by atoms with Crippen LogP contribution in [0, 0.1) is 13.8 Å². The minimum atomic E-state index is 0.718. The van der Waals surface area contributed by atoms with Gasteiger partial charge < -0.3 is 0 Å². The van der Waals surface area contributed by atoms with Gasteiger partial charge >= 0.3 is 0 Å². The van der Waals surface area contributed by atoms with Crippen LogP contribution in [0.4, 0.5) is 0 Å². The highest BCUT2D eigenvalue weighted by Crippen LogP contribution is 1.99. The van der Waals surface area contributed by atoms with Crippen LogP contribution in [0.25, 0.3) is 5.78 Å². The molecule has 2 rings (SSSR count). The summed E-state index contributed by atoms with van der Waals surface area (Å²) in [6.45, 7) is 3.80. The van der Waals surface area contributed by atoms with Crippen LogP contribution < -0.4 is 0 Å². The van der Waals surface area contributed by atoms with Gasteiger partial charge in [0.2, 0.25) is 5.78 Å². The van der Waals surface area contributed by atoms with Crippen molar-refractivity contribution in [3.63, 3.8) is 0 Å². The van der Waals surface area contributed by atoms with Crippen LogP contribution in [0.5, 0.6) is 0 Å². The van der Waals surface area contributed by atoms with E-state index in [2.05, 4.69) is 15.0 Å². The van der Waals surface area contributed by atoms with Gasteiger partial charge in [0, 0.05) is 12.4 Å². The van der Waals surface area contributed by atoms with E-state index in [9.17, 15) is 0 Å². The molecule has 0 radical (unpaired) electrons. The zero-order chi connectivity index (χ0) is 7.84. The van der Waals surface area contributed by atoms with Gasteiger partial charge in [0.1, 0.15) is 11.6 Å². The maximum Gasteiger partial charge on any atom is 0.236 e. The normalized spacial score (nSPS) is 10.7. The maximum absolute atomic E-state index is 4.19. The number of hydrogen-bond donors (Lipinski definition) is 0. The lowest BCUT2D eigenvalue weighted by molar-refractivity contribution is 0.896. The first kappa shape index (κ1) is 6.27. The van der Waals surface area contributed by atoms with Gasteiger partial charge in [-0.25, -0.2) is 9.97 Å². The second kappa shape index (κ2) is 2.02. The van der Waals surface area contributed by atoms with Gasteiger partial charge in [-0.15, -0.1) is 0 Å². The summed E-state index contributed by atoms with van der Waals surface area (Å²) in [5, 5.41) is 0. The highest BCUT2D eigenvalue weighted by atomic mass is 15.2. The maximum atomic E-state index is 4.19. The predicted molar refractivity (Wildman–Crippen MR) is 40.3 cm³/mol. The van der Waals surface area contributed by atoms with E-state index in [0.29, 0.717) is 0 Å². The molecule has 4 nitrogen and oxygen atoms in total. The highest BCUT2D eigenvalue weighted by molar-refractivity contribution is 5.27. The molecule has 2 aromatic heterocycles. The van der Waals surface area contributed by atoms with Crippen molar-refractivity contribution in [3.05, 3.63) is 24.0 Å². The molecule has 4 heteroatoms. The summed E-state index contributed by atoms with van der Waals surface area (Å²) in [5.74, 6) is 2.40. The van der Waals surface area contributed by atoms with Gasteiger partial charge in [-0.2, -0.15) is 4.98 Å². The Morgan fingerprint density at radius 3 is 2.91 bits per heavy atom. The molecule has 56 valence electrons. The summed E-state index contributed by atoms with van der Waals surface area (Å²) < 4.78 is 1.85. The minimum absolute atomic E-state index is 0.718. The second-order valence-electron chi connectivity index (χ2n) is 2.42. The van der Waals surface area contributed by atoms with Crippen LogP contribution in [0.3, 0.4) is 0 Å². The summed E-state index contributed by atoms with van der Waals surface area (Å²) in [4.78, 5) is 12.4. The third-order valence-electron chi connectivity index (χ3n) is 1.56. The lowest BCUT2D eigenvalue weighted by Gasteiger charge is -1.97. The zero-order valence-corrected chi connectivity index (χ0v) is 6.44. The monoisotopic (exact) mass is 148 g/mol. The van der Waals surface area contributed by atoms with Crippen LogP contribution >= 0.6 is 0 Å². The van der Waals surface area contributed by atoms with E-state index in [1.165, 1.54) is 0 Å². The number of imidazole rings is 1. The summed E-state index contributed by atoms with van der Waals surface area (Å²) in [6, 6.07) is 0. The predicted octanol–water partition coefficient (Wildman–Crippen LogP) is 0.741. The standard InChI is InChI=1S/C7H8N4/c1-5-9-6(2)11-4-3-8-7(11)10-5/h3-4H,1-2H3. The lowest BCUT2D eigenvalue weighted by atomic mass is 10.6. The van der Waals surface area contributed by atoms with E-state index in [-0.39, 0.29) is 0 Å². The van der Waals surface area contributed by atoms with Crippen molar-refractivity contribution in [1.29, 1.82) is 0 Å². The van der Waals surface area contributed by atoms with Crippen LogP contribution in [0.2, 0.25) is 0 Å². The molecule has 0 atom stereocenters. The number of hydrogen-bond acceptors (Lipinski definition) is 3. The Hall–Kier alpha value is -1.45. The summed E-state index contributed by atoms with van der Waals surface area (Å²) in [6.07, 6.45) is 3.57. The molecule has 0 aromatic carbocycles. The Labute approximate surface area is 63.9 Å². The molecule has 0 amide bonds. The highest BCUT2D eigenvalue weighted by Gasteiger charge is 1.99. The van der Waals surface area contributed by atoms with E-state index < -0.39 is 0 Å². The molecule has 0 aliphatic heterocycles. The largest absolute Gasteiger partial charge is 0.272 e. The number of nitrogens with zero attached hydrogens (tertiary/aromatic N) is 4. The van der Waals surface area contributed by atoms with Crippen LogP contribution in [-0.2, 0) is 0 Å². The van der Waals surface area contributed by atoms with Gasteiger partial charge in [0.05, 0.1) is 0 Å². The number of rotatable bonds is 0. The number of aromatic nitrogens is 4. The molecular formula is C7H8N4. The topological polar surface area (TPSA) is 43.1 Å². The first-order valence-corrected chi connectivity index (χ1v) is 3.41. The van der Waals surface area contributed by atoms with Crippen molar-refractivity contribution in [1.82, 2.24) is 19.4 Å². The van der Waals surface area contributed by atoms with Crippen LogP contribution in [-0.4, -0.2) is 19.4 Å².